The molecule has 3 aliphatic carbocycles. The molecule has 51 heavy (non-hydrogen) atoms. The standard InChI is InChI=1S/C49H39NO/c1-49(2)42-23-13-11-22-40(42)46-47(49)39-21-10-9-20-38(39)45-41-31-36(29-30-44(41)51-48(45)46)50(35-27-25-33(26-28-35)32-15-5-3-6-16-32)43-24-14-12-19-37(43)34-17-7-4-8-18-34/h3-25,27,29-31,41,44H,26,28H2,1-2H3. The molecule has 0 aromatic heterocycles. The summed E-state index contributed by atoms with van der Waals surface area (Å²) >= 11 is 0. The molecule has 2 atom stereocenters. The molecule has 6 aromatic carbocycles. The molecule has 0 N–H and O–H groups in total. The first-order chi connectivity index (χ1) is 25.1. The second-order valence-corrected chi connectivity index (χ2v) is 14.7. The van der Waals surface area contributed by atoms with Crippen molar-refractivity contribution in [2.24, 2.45) is 0 Å². The Bertz CT molecular complexity index is 2480. The van der Waals surface area contributed by atoms with Gasteiger partial charge in [0.05, 0.1) is 5.69 Å². The Morgan fingerprint density at radius 1 is 0.647 bits per heavy atom. The van der Waals surface area contributed by atoms with Gasteiger partial charge in [0.15, 0.2) is 0 Å². The van der Waals surface area contributed by atoms with Crippen molar-refractivity contribution < 1.29 is 4.74 Å². The summed E-state index contributed by atoms with van der Waals surface area (Å²) in [6.45, 7) is 4.74. The zero-order chi connectivity index (χ0) is 34.1. The molecule has 0 saturated carbocycles. The maximum atomic E-state index is 7.07. The summed E-state index contributed by atoms with van der Waals surface area (Å²) < 4.78 is 7.07. The number of ether oxygens (including phenoxy) is 1. The van der Waals surface area contributed by atoms with E-state index in [1.807, 2.05) is 0 Å². The summed E-state index contributed by atoms with van der Waals surface area (Å²) in [6.07, 6.45) is 13.6. The minimum absolute atomic E-state index is 0.0642. The average Bonchev–Trinajstić information content (AvgIpc) is 3.69. The predicted octanol–water partition coefficient (Wildman–Crippen LogP) is 12.4. The number of fused-ring (bicyclic) bond motifs is 10. The van der Waals surface area contributed by atoms with Gasteiger partial charge in [-0.2, -0.15) is 0 Å². The Morgan fingerprint density at radius 2 is 1.31 bits per heavy atom. The van der Waals surface area contributed by atoms with Gasteiger partial charge >= 0.3 is 0 Å². The van der Waals surface area contributed by atoms with E-state index in [0.717, 1.165) is 18.6 Å². The van der Waals surface area contributed by atoms with E-state index in [9.17, 15) is 0 Å². The van der Waals surface area contributed by atoms with E-state index < -0.39 is 0 Å². The minimum atomic E-state index is -0.119. The van der Waals surface area contributed by atoms with Crippen LogP contribution in [0.3, 0.4) is 0 Å². The lowest BCUT2D eigenvalue weighted by Crippen LogP contribution is -2.27. The Balaban J connectivity index is 1.16. The monoisotopic (exact) mass is 657 g/mol. The molecule has 0 radical (unpaired) electrons. The maximum absolute atomic E-state index is 7.07. The van der Waals surface area contributed by atoms with Gasteiger partial charge in [-0.25, -0.2) is 0 Å². The summed E-state index contributed by atoms with van der Waals surface area (Å²) in [5.74, 6) is 1.14. The van der Waals surface area contributed by atoms with E-state index in [1.165, 1.54) is 77.9 Å². The fraction of sp³-hybridized carbons (Fsp3) is 0.143. The molecule has 4 aliphatic rings. The van der Waals surface area contributed by atoms with Crippen molar-refractivity contribution in [1.29, 1.82) is 0 Å². The Kier molecular flexibility index (Phi) is 6.83. The molecular formula is C49H39NO. The highest BCUT2D eigenvalue weighted by Crippen LogP contribution is 2.60. The predicted molar refractivity (Wildman–Crippen MR) is 212 cm³/mol. The highest BCUT2D eigenvalue weighted by molar-refractivity contribution is 6.04. The van der Waals surface area contributed by atoms with E-state index in [2.05, 4.69) is 183 Å². The fourth-order valence-corrected chi connectivity index (χ4v) is 9.17. The van der Waals surface area contributed by atoms with Crippen LogP contribution in [-0.2, 0) is 5.41 Å². The van der Waals surface area contributed by atoms with Gasteiger partial charge < -0.3 is 9.64 Å². The van der Waals surface area contributed by atoms with Crippen molar-refractivity contribution in [3.63, 3.8) is 0 Å². The quantitative estimate of drug-likeness (QED) is 0.183. The zero-order valence-corrected chi connectivity index (χ0v) is 29.0. The second-order valence-electron chi connectivity index (χ2n) is 14.7. The summed E-state index contributed by atoms with van der Waals surface area (Å²) in [4.78, 5) is 2.51. The smallest absolute Gasteiger partial charge is 0.132 e. The summed E-state index contributed by atoms with van der Waals surface area (Å²) in [5.41, 5.74) is 15.3. The lowest BCUT2D eigenvalue weighted by Gasteiger charge is -2.34. The molecule has 1 aliphatic heterocycles. The first-order valence-corrected chi connectivity index (χ1v) is 18.2. The normalized spacial score (nSPS) is 19.2. The van der Waals surface area contributed by atoms with Crippen LogP contribution in [0.1, 0.15) is 54.9 Å². The Morgan fingerprint density at radius 3 is 2.08 bits per heavy atom. The van der Waals surface area contributed by atoms with Crippen LogP contribution < -0.4 is 9.64 Å². The van der Waals surface area contributed by atoms with Crippen molar-refractivity contribution in [3.05, 3.63) is 197 Å². The molecule has 0 amide bonds. The van der Waals surface area contributed by atoms with Crippen molar-refractivity contribution in [2.45, 2.75) is 44.1 Å². The van der Waals surface area contributed by atoms with E-state index in [4.69, 9.17) is 4.74 Å². The van der Waals surface area contributed by atoms with E-state index >= 15 is 0 Å². The van der Waals surface area contributed by atoms with Crippen LogP contribution >= 0.6 is 0 Å². The SMILES string of the molecule is CC1(C)c2ccccc2-c2c3c(c4ccccc4c21)C1C=C(N(C2=CC=C(c4ccccc4)CC2)c2ccccc2-c2ccccc2)C=CC1O3. The molecule has 0 spiro atoms. The van der Waals surface area contributed by atoms with Gasteiger partial charge in [-0.3, -0.25) is 0 Å². The maximum Gasteiger partial charge on any atom is 0.132 e. The van der Waals surface area contributed by atoms with E-state index in [1.54, 1.807) is 0 Å². The van der Waals surface area contributed by atoms with Crippen LogP contribution in [0.2, 0.25) is 0 Å². The van der Waals surface area contributed by atoms with Gasteiger partial charge in [0, 0.05) is 39.4 Å². The number of nitrogens with zero attached hydrogens (tertiary/aromatic N) is 1. The molecule has 6 aromatic rings. The molecule has 2 unspecified atom stereocenters. The molecule has 10 rings (SSSR count). The Hall–Kier alpha value is -5.86. The van der Waals surface area contributed by atoms with E-state index in [0.29, 0.717) is 0 Å². The summed E-state index contributed by atoms with van der Waals surface area (Å²) in [5, 5.41) is 2.63. The van der Waals surface area contributed by atoms with Gasteiger partial charge in [-0.15, -0.1) is 0 Å². The third-order valence-corrected chi connectivity index (χ3v) is 11.5. The molecule has 2 nitrogen and oxygen atoms in total. The topological polar surface area (TPSA) is 12.5 Å². The van der Waals surface area contributed by atoms with Crippen LogP contribution in [-0.4, -0.2) is 6.10 Å². The molecular weight excluding hydrogens is 619 g/mol. The van der Waals surface area contributed by atoms with Crippen molar-refractivity contribution in [2.75, 3.05) is 4.90 Å². The van der Waals surface area contributed by atoms with Gasteiger partial charge in [0.2, 0.25) is 0 Å². The molecule has 0 bridgehead atoms. The van der Waals surface area contributed by atoms with Gasteiger partial charge in [0.1, 0.15) is 11.9 Å². The number of hydrogen-bond donors (Lipinski definition) is 0. The average molecular weight is 658 g/mol. The highest BCUT2D eigenvalue weighted by Gasteiger charge is 2.45. The lowest BCUT2D eigenvalue weighted by atomic mass is 9.78. The first-order valence-electron chi connectivity index (χ1n) is 18.2. The lowest BCUT2D eigenvalue weighted by molar-refractivity contribution is 0.269. The first kappa shape index (κ1) is 30.0. The second kappa shape index (κ2) is 11.6. The van der Waals surface area contributed by atoms with Gasteiger partial charge in [-0.05, 0) is 87.4 Å². The molecule has 1 heterocycles. The Labute approximate surface area is 300 Å². The van der Waals surface area contributed by atoms with Gasteiger partial charge in [0.25, 0.3) is 0 Å². The summed E-state index contributed by atoms with van der Waals surface area (Å²) in [6, 6.07) is 48.4. The van der Waals surface area contributed by atoms with Crippen LogP contribution in [0.5, 0.6) is 5.75 Å². The van der Waals surface area contributed by atoms with Crippen LogP contribution in [0, 0.1) is 0 Å². The van der Waals surface area contributed by atoms with Crippen molar-refractivity contribution >= 4 is 22.0 Å². The summed E-state index contributed by atoms with van der Waals surface area (Å²) in [7, 11) is 0. The third kappa shape index (κ3) is 4.63. The number of hydrogen-bond acceptors (Lipinski definition) is 2. The molecule has 246 valence electrons. The number of rotatable bonds is 5. The zero-order valence-electron chi connectivity index (χ0n) is 29.0. The third-order valence-electron chi connectivity index (χ3n) is 11.5. The number of benzene rings is 6. The van der Waals surface area contributed by atoms with Crippen LogP contribution in [0.25, 0.3) is 38.6 Å². The minimum Gasteiger partial charge on any atom is -0.484 e. The van der Waals surface area contributed by atoms with Crippen molar-refractivity contribution in [3.8, 4) is 28.0 Å². The largest absolute Gasteiger partial charge is 0.484 e. The fourth-order valence-electron chi connectivity index (χ4n) is 9.17. The number of allylic oxidation sites excluding steroid dienone is 5. The highest BCUT2D eigenvalue weighted by atomic mass is 16.5. The van der Waals surface area contributed by atoms with Gasteiger partial charge in [-0.1, -0.05) is 147 Å². The van der Waals surface area contributed by atoms with Crippen LogP contribution in [0.4, 0.5) is 5.69 Å². The van der Waals surface area contributed by atoms with E-state index in [-0.39, 0.29) is 17.4 Å². The number of para-hydroxylation sites is 1. The molecule has 0 fully saturated rings. The van der Waals surface area contributed by atoms with Crippen LogP contribution in [0.15, 0.2) is 175 Å². The molecule has 0 saturated heterocycles. The van der Waals surface area contributed by atoms with Crippen molar-refractivity contribution in [1.82, 2.24) is 0 Å². The number of anilines is 1. The molecule has 2 heteroatoms.